The Morgan fingerprint density at radius 2 is 1.76 bits per heavy atom. The predicted octanol–water partition coefficient (Wildman–Crippen LogP) is 4.93. The van der Waals surface area contributed by atoms with Crippen LogP contribution in [0.5, 0.6) is 0 Å². The molecule has 0 saturated heterocycles. The number of fused-ring (bicyclic) bond motifs is 1. The zero-order chi connectivity index (χ0) is 23.8. The molecule has 8 nitrogen and oxygen atoms in total. The van der Waals surface area contributed by atoms with Crippen molar-refractivity contribution in [3.8, 4) is 0 Å². The van der Waals surface area contributed by atoms with E-state index in [2.05, 4.69) is 10.0 Å². The summed E-state index contributed by atoms with van der Waals surface area (Å²) >= 11 is 12.3. The Hall–Kier alpha value is -2.20. The molecule has 33 heavy (non-hydrogen) atoms. The maximum Gasteiger partial charge on any atom is 0.308 e. The number of carbonyl (C=O) groups is 1. The number of benzene rings is 2. The summed E-state index contributed by atoms with van der Waals surface area (Å²) < 4.78 is 28.8. The van der Waals surface area contributed by atoms with Crippen molar-refractivity contribution >= 4 is 44.8 Å². The molecule has 4 rings (SSSR count). The number of hydrogen-bond donors (Lipinski definition) is 2. The van der Waals surface area contributed by atoms with Gasteiger partial charge in [-0.1, -0.05) is 66.7 Å². The second kappa shape index (κ2) is 9.58. The summed E-state index contributed by atoms with van der Waals surface area (Å²) in [6, 6.07) is 8.09. The van der Waals surface area contributed by atoms with Crippen molar-refractivity contribution < 1.29 is 18.1 Å². The van der Waals surface area contributed by atoms with Crippen molar-refractivity contribution in [3.63, 3.8) is 0 Å². The van der Waals surface area contributed by atoms with Gasteiger partial charge in [-0.15, -0.1) is 0 Å². The van der Waals surface area contributed by atoms with Crippen LogP contribution in [0.25, 0.3) is 0 Å². The molecule has 1 atom stereocenters. The standard InChI is InChI=1S/C22H23Cl2N3O5S/c23-19-16(22(28)25-17-11-10-13-6-4-5-9-15(13)17)12-18(20(24)21(19)27(29)30)33(31,32)26-14-7-2-1-3-8-14/h4-6,9,12,14,17,26H,1-3,7-8,10-11H2,(H,25,28). The normalized spacial score (nSPS) is 18.7. The van der Waals surface area contributed by atoms with E-state index in [1.165, 1.54) is 0 Å². The SMILES string of the molecule is O=C(NC1CCc2ccccc21)c1cc(S(=O)(=O)NC2CCCCC2)c(Cl)c([N+](=O)[O-])c1Cl. The Kier molecular flexibility index (Phi) is 6.95. The summed E-state index contributed by atoms with van der Waals surface area (Å²) in [6.07, 6.45) is 5.58. The molecular formula is C22H23Cl2N3O5S. The first kappa shape index (κ1) is 23.9. The van der Waals surface area contributed by atoms with Crippen molar-refractivity contribution in [3.05, 3.63) is 67.2 Å². The molecule has 1 amide bonds. The first-order valence-corrected chi connectivity index (χ1v) is 13.0. The van der Waals surface area contributed by atoms with E-state index in [0.29, 0.717) is 19.3 Å². The molecule has 2 aromatic rings. The van der Waals surface area contributed by atoms with Gasteiger partial charge in [0.1, 0.15) is 14.9 Å². The molecule has 2 N–H and O–H groups in total. The van der Waals surface area contributed by atoms with E-state index in [0.717, 1.165) is 42.9 Å². The molecule has 0 heterocycles. The summed E-state index contributed by atoms with van der Waals surface area (Å²) in [5, 5.41) is 13.4. The molecular weight excluding hydrogens is 489 g/mol. The largest absolute Gasteiger partial charge is 0.345 e. The smallest absolute Gasteiger partial charge is 0.308 e. The van der Waals surface area contributed by atoms with Crippen LogP contribution < -0.4 is 10.0 Å². The Labute approximate surface area is 201 Å². The highest BCUT2D eigenvalue weighted by molar-refractivity contribution is 7.89. The third-order valence-electron chi connectivity index (χ3n) is 6.23. The lowest BCUT2D eigenvalue weighted by Gasteiger charge is -2.23. The van der Waals surface area contributed by atoms with Gasteiger partial charge in [-0.25, -0.2) is 13.1 Å². The lowest BCUT2D eigenvalue weighted by molar-refractivity contribution is -0.384. The molecule has 1 unspecified atom stereocenters. The highest BCUT2D eigenvalue weighted by Crippen LogP contribution is 2.41. The lowest BCUT2D eigenvalue weighted by Crippen LogP contribution is -2.36. The number of carbonyl (C=O) groups excluding carboxylic acids is 1. The van der Waals surface area contributed by atoms with Crippen LogP contribution in [0.1, 0.15) is 66.1 Å². The van der Waals surface area contributed by atoms with Crippen molar-refractivity contribution in [1.82, 2.24) is 10.0 Å². The average Bonchev–Trinajstić information content (AvgIpc) is 3.16. The fourth-order valence-corrected chi connectivity index (χ4v) is 6.85. The number of rotatable bonds is 6. The number of nitrogens with zero attached hydrogens (tertiary/aromatic N) is 1. The van der Waals surface area contributed by atoms with Crippen LogP contribution >= 0.6 is 23.2 Å². The second-order valence-electron chi connectivity index (χ2n) is 8.38. The number of nitro groups is 1. The van der Waals surface area contributed by atoms with Crippen LogP contribution in [-0.4, -0.2) is 25.3 Å². The van der Waals surface area contributed by atoms with E-state index in [1.807, 2.05) is 24.3 Å². The molecule has 0 radical (unpaired) electrons. The van der Waals surface area contributed by atoms with Gasteiger partial charge in [0.2, 0.25) is 10.0 Å². The third kappa shape index (κ3) is 4.87. The Morgan fingerprint density at radius 3 is 2.45 bits per heavy atom. The topological polar surface area (TPSA) is 118 Å². The van der Waals surface area contributed by atoms with E-state index in [1.54, 1.807) is 0 Å². The predicted molar refractivity (Wildman–Crippen MR) is 125 cm³/mol. The van der Waals surface area contributed by atoms with Gasteiger partial charge in [-0.2, -0.15) is 0 Å². The van der Waals surface area contributed by atoms with Gasteiger partial charge >= 0.3 is 5.69 Å². The van der Waals surface area contributed by atoms with Crippen LogP contribution in [-0.2, 0) is 16.4 Å². The fourth-order valence-electron chi connectivity index (χ4n) is 4.57. The zero-order valence-corrected chi connectivity index (χ0v) is 20.0. The minimum absolute atomic E-state index is 0.290. The number of nitro benzene ring substituents is 1. The summed E-state index contributed by atoms with van der Waals surface area (Å²) in [4.78, 5) is 23.4. The Morgan fingerprint density at radius 1 is 1.06 bits per heavy atom. The van der Waals surface area contributed by atoms with Gasteiger partial charge in [-0.3, -0.25) is 14.9 Å². The van der Waals surface area contributed by atoms with E-state index < -0.39 is 41.5 Å². The van der Waals surface area contributed by atoms with Crippen LogP contribution in [0, 0.1) is 10.1 Å². The molecule has 2 aliphatic rings. The van der Waals surface area contributed by atoms with Crippen LogP contribution in [0.3, 0.4) is 0 Å². The van der Waals surface area contributed by atoms with Crippen LogP contribution in [0.15, 0.2) is 35.2 Å². The van der Waals surface area contributed by atoms with Gasteiger partial charge in [0.05, 0.1) is 16.5 Å². The first-order valence-electron chi connectivity index (χ1n) is 10.8. The molecule has 0 aliphatic heterocycles. The maximum absolute atomic E-state index is 13.1. The van der Waals surface area contributed by atoms with E-state index in [9.17, 15) is 23.3 Å². The van der Waals surface area contributed by atoms with Crippen LogP contribution in [0.4, 0.5) is 5.69 Å². The third-order valence-corrected chi connectivity index (χ3v) is 8.65. The van der Waals surface area contributed by atoms with Crippen LogP contribution in [0.2, 0.25) is 10.0 Å². The Balaban J connectivity index is 1.70. The molecule has 2 aliphatic carbocycles. The summed E-state index contributed by atoms with van der Waals surface area (Å²) in [5.74, 6) is -0.699. The first-order chi connectivity index (χ1) is 15.7. The minimum Gasteiger partial charge on any atom is -0.345 e. The number of amides is 1. The zero-order valence-electron chi connectivity index (χ0n) is 17.6. The number of aryl methyl sites for hydroxylation is 1. The monoisotopic (exact) mass is 511 g/mol. The van der Waals surface area contributed by atoms with Crippen molar-refractivity contribution in [2.75, 3.05) is 0 Å². The minimum atomic E-state index is -4.22. The Bertz CT molecular complexity index is 1210. The van der Waals surface area contributed by atoms with E-state index in [4.69, 9.17) is 23.2 Å². The van der Waals surface area contributed by atoms with Crippen molar-refractivity contribution in [2.45, 2.75) is 61.9 Å². The summed E-state index contributed by atoms with van der Waals surface area (Å²) in [5.41, 5.74) is 0.955. The van der Waals surface area contributed by atoms with Crippen molar-refractivity contribution in [2.24, 2.45) is 0 Å². The second-order valence-corrected chi connectivity index (χ2v) is 10.8. The highest BCUT2D eigenvalue weighted by atomic mass is 35.5. The van der Waals surface area contributed by atoms with Gasteiger partial charge in [-0.05, 0) is 42.9 Å². The quantitative estimate of drug-likeness (QED) is 0.420. The van der Waals surface area contributed by atoms with Gasteiger partial charge in [0.25, 0.3) is 5.91 Å². The number of nitrogens with one attached hydrogen (secondary N) is 2. The van der Waals surface area contributed by atoms with Gasteiger partial charge < -0.3 is 5.32 Å². The number of sulfonamides is 1. The molecule has 1 fully saturated rings. The van der Waals surface area contributed by atoms with Gasteiger partial charge in [0.15, 0.2) is 0 Å². The molecule has 1 saturated carbocycles. The number of halogens is 2. The van der Waals surface area contributed by atoms with Crippen molar-refractivity contribution in [1.29, 1.82) is 0 Å². The molecule has 176 valence electrons. The highest BCUT2D eigenvalue weighted by Gasteiger charge is 2.34. The molecule has 0 aromatic heterocycles. The molecule has 2 aromatic carbocycles. The lowest BCUT2D eigenvalue weighted by atomic mass is 9.96. The van der Waals surface area contributed by atoms with Gasteiger partial charge in [0, 0.05) is 6.04 Å². The van der Waals surface area contributed by atoms with E-state index in [-0.39, 0.29) is 17.6 Å². The van der Waals surface area contributed by atoms with E-state index >= 15 is 0 Å². The molecule has 0 bridgehead atoms. The average molecular weight is 512 g/mol. The maximum atomic E-state index is 13.1. The molecule has 11 heteroatoms. The summed E-state index contributed by atoms with van der Waals surface area (Å²) in [6.45, 7) is 0. The fraction of sp³-hybridized carbons (Fsp3) is 0.409. The molecule has 0 spiro atoms. The number of hydrogen-bond acceptors (Lipinski definition) is 5. The summed E-state index contributed by atoms with van der Waals surface area (Å²) in [7, 11) is -4.22.